The number of carbonyl (C=O) groups is 1. The van der Waals surface area contributed by atoms with Crippen LogP contribution in [-0.2, 0) is 17.8 Å². The number of pyridine rings is 2. The highest BCUT2D eigenvalue weighted by Gasteiger charge is 2.23. The van der Waals surface area contributed by atoms with E-state index >= 15 is 0 Å². The van der Waals surface area contributed by atoms with Crippen molar-refractivity contribution in [1.29, 1.82) is 0 Å². The molecule has 0 atom stereocenters. The number of hydrogen-bond acceptors (Lipinski definition) is 3. The SMILES string of the molecule is CN1C(=O)CCc2cc(-c3cncc(Cn4cc(Cl)ccc4=O)c3)c(F)cc21. The zero-order valence-electron chi connectivity index (χ0n) is 15.2. The van der Waals surface area contributed by atoms with Crippen LogP contribution in [0, 0.1) is 5.82 Å². The molecule has 0 unspecified atom stereocenters. The fourth-order valence-corrected chi connectivity index (χ4v) is 3.61. The van der Waals surface area contributed by atoms with E-state index in [-0.39, 0.29) is 18.0 Å². The molecule has 1 amide bonds. The number of carbonyl (C=O) groups excluding carboxylic acids is 1. The lowest BCUT2D eigenvalue weighted by Gasteiger charge is -2.26. The highest BCUT2D eigenvalue weighted by atomic mass is 35.5. The minimum Gasteiger partial charge on any atom is -0.315 e. The Balaban J connectivity index is 1.71. The normalized spacial score (nSPS) is 13.5. The van der Waals surface area contributed by atoms with Crippen molar-refractivity contribution in [2.24, 2.45) is 0 Å². The van der Waals surface area contributed by atoms with Crippen LogP contribution >= 0.6 is 11.6 Å². The molecule has 7 heteroatoms. The Morgan fingerprint density at radius 1 is 1.14 bits per heavy atom. The first-order valence-electron chi connectivity index (χ1n) is 8.81. The maximum absolute atomic E-state index is 14.8. The van der Waals surface area contributed by atoms with E-state index in [2.05, 4.69) is 4.98 Å². The van der Waals surface area contributed by atoms with Crippen LogP contribution in [0.4, 0.5) is 10.1 Å². The van der Waals surface area contributed by atoms with E-state index in [1.54, 1.807) is 37.8 Å². The molecule has 3 aromatic rings. The Morgan fingerprint density at radius 2 is 1.96 bits per heavy atom. The highest BCUT2D eigenvalue weighted by molar-refractivity contribution is 6.30. The molecule has 1 aliphatic heterocycles. The summed E-state index contributed by atoms with van der Waals surface area (Å²) >= 11 is 5.97. The summed E-state index contributed by atoms with van der Waals surface area (Å²) in [4.78, 5) is 29.5. The maximum Gasteiger partial charge on any atom is 0.250 e. The van der Waals surface area contributed by atoms with Crippen LogP contribution in [0.3, 0.4) is 0 Å². The molecular weight excluding hydrogens is 381 g/mol. The minimum atomic E-state index is -0.417. The van der Waals surface area contributed by atoms with Gasteiger partial charge in [0.2, 0.25) is 5.91 Å². The molecule has 142 valence electrons. The van der Waals surface area contributed by atoms with Gasteiger partial charge in [-0.1, -0.05) is 11.6 Å². The van der Waals surface area contributed by atoms with Crippen molar-refractivity contribution >= 4 is 23.2 Å². The van der Waals surface area contributed by atoms with Gasteiger partial charge in [-0.25, -0.2) is 4.39 Å². The molecule has 0 saturated heterocycles. The van der Waals surface area contributed by atoms with Gasteiger partial charge in [0, 0.05) is 54.9 Å². The smallest absolute Gasteiger partial charge is 0.250 e. The summed E-state index contributed by atoms with van der Waals surface area (Å²) in [6.07, 6.45) is 5.77. The predicted octanol–water partition coefficient (Wildman–Crippen LogP) is 3.66. The molecule has 4 rings (SSSR count). The van der Waals surface area contributed by atoms with E-state index in [9.17, 15) is 14.0 Å². The van der Waals surface area contributed by atoms with Gasteiger partial charge < -0.3 is 9.47 Å². The molecule has 0 spiro atoms. The van der Waals surface area contributed by atoms with Crippen molar-refractivity contribution in [2.45, 2.75) is 19.4 Å². The Labute approximate surface area is 166 Å². The molecule has 0 N–H and O–H groups in total. The largest absolute Gasteiger partial charge is 0.315 e. The molecule has 0 fully saturated rings. The number of benzene rings is 1. The van der Waals surface area contributed by atoms with Gasteiger partial charge >= 0.3 is 0 Å². The van der Waals surface area contributed by atoms with Gasteiger partial charge in [-0.05, 0) is 41.8 Å². The van der Waals surface area contributed by atoms with Crippen molar-refractivity contribution in [2.75, 3.05) is 11.9 Å². The van der Waals surface area contributed by atoms with Crippen molar-refractivity contribution in [1.82, 2.24) is 9.55 Å². The Bertz CT molecular complexity index is 1140. The van der Waals surface area contributed by atoms with Gasteiger partial charge in [0.25, 0.3) is 5.56 Å². The predicted molar refractivity (Wildman–Crippen MR) is 106 cm³/mol. The monoisotopic (exact) mass is 397 g/mol. The number of hydrogen-bond donors (Lipinski definition) is 0. The molecule has 1 aliphatic rings. The zero-order chi connectivity index (χ0) is 19.8. The molecule has 1 aromatic carbocycles. The maximum atomic E-state index is 14.8. The van der Waals surface area contributed by atoms with E-state index in [0.717, 1.165) is 11.1 Å². The molecule has 5 nitrogen and oxygen atoms in total. The van der Waals surface area contributed by atoms with Gasteiger partial charge in [-0.15, -0.1) is 0 Å². The van der Waals surface area contributed by atoms with Crippen LogP contribution in [0.1, 0.15) is 17.5 Å². The lowest BCUT2D eigenvalue weighted by molar-refractivity contribution is -0.118. The first kappa shape index (κ1) is 18.4. The third-order valence-electron chi connectivity index (χ3n) is 4.92. The van der Waals surface area contributed by atoms with Crippen molar-refractivity contribution < 1.29 is 9.18 Å². The molecule has 2 aromatic heterocycles. The molecule has 0 saturated carbocycles. The molecule has 0 radical (unpaired) electrons. The number of halogens is 2. The van der Waals surface area contributed by atoms with Crippen LogP contribution in [0.25, 0.3) is 11.1 Å². The number of anilines is 1. The molecule has 3 heterocycles. The summed E-state index contributed by atoms with van der Waals surface area (Å²) in [5.41, 5.74) is 3.15. The number of aryl methyl sites for hydroxylation is 1. The van der Waals surface area contributed by atoms with Crippen LogP contribution in [-0.4, -0.2) is 22.5 Å². The fourth-order valence-electron chi connectivity index (χ4n) is 3.43. The van der Waals surface area contributed by atoms with Crippen LogP contribution in [0.2, 0.25) is 5.02 Å². The quantitative estimate of drug-likeness (QED) is 0.677. The van der Waals surface area contributed by atoms with Gasteiger partial charge in [0.05, 0.1) is 11.6 Å². The van der Waals surface area contributed by atoms with E-state index in [0.29, 0.717) is 34.7 Å². The Kier molecular flexibility index (Phi) is 4.73. The number of aromatic nitrogens is 2. The van der Waals surface area contributed by atoms with Gasteiger partial charge in [-0.2, -0.15) is 0 Å². The number of rotatable bonds is 3. The summed E-state index contributed by atoms with van der Waals surface area (Å²) < 4.78 is 16.3. The Morgan fingerprint density at radius 3 is 2.79 bits per heavy atom. The van der Waals surface area contributed by atoms with Crippen molar-refractivity contribution in [3.05, 3.63) is 81.2 Å². The summed E-state index contributed by atoms with van der Waals surface area (Å²) in [6.45, 7) is 0.282. The molecule has 0 aliphatic carbocycles. The molecule has 0 bridgehead atoms. The molecular formula is C21H17ClFN3O2. The number of nitrogens with zero attached hydrogens (tertiary/aromatic N) is 3. The van der Waals surface area contributed by atoms with Crippen LogP contribution in [0.15, 0.2) is 53.7 Å². The van der Waals surface area contributed by atoms with Crippen LogP contribution in [0.5, 0.6) is 0 Å². The molecule has 28 heavy (non-hydrogen) atoms. The average molecular weight is 398 g/mol. The van der Waals surface area contributed by atoms with Crippen molar-refractivity contribution in [3.63, 3.8) is 0 Å². The summed E-state index contributed by atoms with van der Waals surface area (Å²) in [5, 5.41) is 0.461. The average Bonchev–Trinajstić information content (AvgIpc) is 2.68. The highest BCUT2D eigenvalue weighted by Crippen LogP contribution is 2.33. The number of amides is 1. The Hall–Kier alpha value is -2.99. The third-order valence-corrected chi connectivity index (χ3v) is 5.14. The summed E-state index contributed by atoms with van der Waals surface area (Å²) in [7, 11) is 1.66. The third kappa shape index (κ3) is 3.43. The van der Waals surface area contributed by atoms with Gasteiger partial charge in [-0.3, -0.25) is 14.6 Å². The minimum absolute atomic E-state index is 0.0183. The van der Waals surface area contributed by atoms with E-state index in [1.807, 2.05) is 6.07 Å². The standard InChI is InChI=1S/C21H17ClFN3O2/c1-25-19-8-18(23)17(7-14(19)2-4-20(25)27)15-6-13(9-24-10-15)11-26-12-16(22)3-5-21(26)28/h3,5-10,12H,2,4,11H2,1H3. The summed E-state index contributed by atoms with van der Waals surface area (Å²) in [5.74, 6) is -0.436. The second-order valence-corrected chi connectivity index (χ2v) is 7.25. The van der Waals surface area contributed by atoms with Gasteiger partial charge in [0.15, 0.2) is 0 Å². The summed E-state index contributed by atoms with van der Waals surface area (Å²) in [6, 6.07) is 7.93. The first-order chi connectivity index (χ1) is 13.4. The van der Waals surface area contributed by atoms with E-state index in [4.69, 9.17) is 11.6 Å². The van der Waals surface area contributed by atoms with Gasteiger partial charge in [0.1, 0.15) is 5.82 Å². The lowest BCUT2D eigenvalue weighted by Crippen LogP contribution is -2.31. The van der Waals surface area contributed by atoms with E-state index in [1.165, 1.54) is 21.6 Å². The topological polar surface area (TPSA) is 55.2 Å². The first-order valence-corrected chi connectivity index (χ1v) is 9.19. The number of fused-ring (bicyclic) bond motifs is 1. The second-order valence-electron chi connectivity index (χ2n) is 6.81. The fraction of sp³-hybridized carbons (Fsp3) is 0.190. The van der Waals surface area contributed by atoms with Crippen LogP contribution < -0.4 is 10.5 Å². The second kappa shape index (κ2) is 7.20. The van der Waals surface area contributed by atoms with Crippen molar-refractivity contribution in [3.8, 4) is 11.1 Å². The zero-order valence-corrected chi connectivity index (χ0v) is 15.9. The van der Waals surface area contributed by atoms with E-state index < -0.39 is 5.82 Å². The lowest BCUT2D eigenvalue weighted by atomic mass is 9.96.